The summed E-state index contributed by atoms with van der Waals surface area (Å²) < 4.78 is 0. The van der Waals surface area contributed by atoms with E-state index in [9.17, 15) is 15.2 Å². The molecule has 0 spiro atoms. The van der Waals surface area contributed by atoms with Crippen LogP contribution in [0.4, 0.5) is 5.82 Å². The zero-order chi connectivity index (χ0) is 12.1. The Morgan fingerprint density at radius 3 is 2.56 bits per heavy atom. The molecular weight excluding hydrogens is 210 g/mol. The van der Waals surface area contributed by atoms with Crippen LogP contribution < -0.4 is 0 Å². The van der Waals surface area contributed by atoms with Crippen LogP contribution in [0.15, 0.2) is 12.1 Å². The molecule has 1 N–H and O–H groups in total. The topological polar surface area (TPSA) is 79.5 Å². The fourth-order valence-corrected chi connectivity index (χ4v) is 1.38. The van der Waals surface area contributed by atoms with Gasteiger partial charge in [0.05, 0.1) is 6.54 Å². The number of aromatic hydroxyl groups is 1. The summed E-state index contributed by atoms with van der Waals surface area (Å²) in [4.78, 5) is 15.8. The van der Waals surface area contributed by atoms with Gasteiger partial charge in [-0.3, -0.25) is 4.90 Å². The lowest BCUT2D eigenvalue weighted by molar-refractivity contribution is -0.390. The van der Waals surface area contributed by atoms with E-state index in [-0.39, 0.29) is 0 Å². The minimum absolute atomic E-state index is 0.395. The summed E-state index contributed by atoms with van der Waals surface area (Å²) in [5.74, 6) is -0.877. The first-order valence-electron chi connectivity index (χ1n) is 5.14. The van der Waals surface area contributed by atoms with Gasteiger partial charge < -0.3 is 15.2 Å². The van der Waals surface area contributed by atoms with E-state index in [4.69, 9.17) is 0 Å². The standard InChI is InChI=1S/C10H15N3O3/c1-3-12(4-2)7-8-5-6-9(14)10(11-8)13(15)16/h5-6,14H,3-4,7H2,1-2H3. The van der Waals surface area contributed by atoms with Crippen molar-refractivity contribution in [3.63, 3.8) is 0 Å². The normalized spacial score (nSPS) is 10.7. The van der Waals surface area contributed by atoms with E-state index in [0.29, 0.717) is 12.2 Å². The van der Waals surface area contributed by atoms with Crippen molar-refractivity contribution in [1.29, 1.82) is 0 Å². The summed E-state index contributed by atoms with van der Waals surface area (Å²) in [5, 5.41) is 19.8. The molecule has 6 nitrogen and oxygen atoms in total. The molecule has 0 aliphatic heterocycles. The SMILES string of the molecule is CCN(CC)Cc1ccc(O)c([N+](=O)[O-])n1. The van der Waals surface area contributed by atoms with Crippen molar-refractivity contribution in [1.82, 2.24) is 9.88 Å². The molecule has 1 aromatic rings. The summed E-state index contributed by atoms with van der Waals surface area (Å²) in [6.07, 6.45) is 0. The number of hydrogen-bond donors (Lipinski definition) is 1. The van der Waals surface area contributed by atoms with E-state index in [0.717, 1.165) is 13.1 Å². The van der Waals surface area contributed by atoms with Crippen LogP contribution in [0.1, 0.15) is 19.5 Å². The second kappa shape index (κ2) is 5.41. The first-order valence-corrected chi connectivity index (χ1v) is 5.14. The molecule has 0 aliphatic carbocycles. The van der Waals surface area contributed by atoms with Gasteiger partial charge in [0.2, 0.25) is 5.75 Å². The van der Waals surface area contributed by atoms with Gasteiger partial charge in [-0.15, -0.1) is 0 Å². The van der Waals surface area contributed by atoms with Crippen LogP contribution >= 0.6 is 0 Å². The van der Waals surface area contributed by atoms with Gasteiger partial charge in [-0.25, -0.2) is 0 Å². The summed E-state index contributed by atoms with van der Waals surface area (Å²) >= 11 is 0. The lowest BCUT2D eigenvalue weighted by Crippen LogP contribution is -2.22. The molecule has 16 heavy (non-hydrogen) atoms. The van der Waals surface area contributed by atoms with Crippen molar-refractivity contribution >= 4 is 5.82 Å². The van der Waals surface area contributed by atoms with Gasteiger partial charge in [-0.2, -0.15) is 0 Å². The Bertz CT molecular complexity index is 378. The Labute approximate surface area is 93.7 Å². The number of rotatable bonds is 5. The highest BCUT2D eigenvalue weighted by molar-refractivity contribution is 5.38. The van der Waals surface area contributed by atoms with Crippen LogP contribution in [0.25, 0.3) is 0 Å². The van der Waals surface area contributed by atoms with E-state index in [2.05, 4.69) is 9.88 Å². The van der Waals surface area contributed by atoms with E-state index in [1.165, 1.54) is 6.07 Å². The van der Waals surface area contributed by atoms with Crippen molar-refractivity contribution in [2.75, 3.05) is 13.1 Å². The molecule has 0 aliphatic rings. The second-order valence-electron chi connectivity index (χ2n) is 3.36. The largest absolute Gasteiger partial charge is 0.501 e. The van der Waals surface area contributed by atoms with Crippen molar-refractivity contribution in [3.8, 4) is 5.75 Å². The molecular formula is C10H15N3O3. The van der Waals surface area contributed by atoms with Gasteiger partial charge in [-0.05, 0) is 35.1 Å². The van der Waals surface area contributed by atoms with Gasteiger partial charge in [0.15, 0.2) is 5.69 Å². The predicted molar refractivity (Wildman–Crippen MR) is 59.2 cm³/mol. The maximum atomic E-state index is 10.6. The Hall–Kier alpha value is -1.69. The van der Waals surface area contributed by atoms with Crippen molar-refractivity contribution < 1.29 is 10.0 Å². The molecule has 0 aromatic carbocycles. The molecule has 0 bridgehead atoms. The molecule has 0 fully saturated rings. The molecule has 0 saturated carbocycles. The third kappa shape index (κ3) is 2.90. The quantitative estimate of drug-likeness (QED) is 0.607. The van der Waals surface area contributed by atoms with Gasteiger partial charge >= 0.3 is 5.82 Å². The zero-order valence-electron chi connectivity index (χ0n) is 9.38. The van der Waals surface area contributed by atoms with Crippen LogP contribution in [0.2, 0.25) is 0 Å². The summed E-state index contributed by atoms with van der Waals surface area (Å²) in [6, 6.07) is 2.91. The molecule has 6 heteroatoms. The minimum Gasteiger partial charge on any atom is -0.501 e. The van der Waals surface area contributed by atoms with E-state index >= 15 is 0 Å². The highest BCUT2D eigenvalue weighted by atomic mass is 16.6. The van der Waals surface area contributed by atoms with Crippen molar-refractivity contribution in [2.45, 2.75) is 20.4 Å². The molecule has 88 valence electrons. The molecule has 1 rings (SSSR count). The third-order valence-corrected chi connectivity index (χ3v) is 2.37. The molecule has 0 saturated heterocycles. The summed E-state index contributed by atoms with van der Waals surface area (Å²) in [7, 11) is 0. The molecule has 0 radical (unpaired) electrons. The predicted octanol–water partition coefficient (Wildman–Crippen LogP) is 1.54. The molecule has 0 unspecified atom stereocenters. The first kappa shape index (κ1) is 12.4. The van der Waals surface area contributed by atoms with Crippen LogP contribution in [-0.4, -0.2) is 33.0 Å². The maximum absolute atomic E-state index is 10.6. The smallest absolute Gasteiger partial charge is 0.406 e. The van der Waals surface area contributed by atoms with E-state index in [1.54, 1.807) is 6.07 Å². The maximum Gasteiger partial charge on any atom is 0.406 e. The molecule has 1 aromatic heterocycles. The minimum atomic E-state index is -0.679. The van der Waals surface area contributed by atoms with E-state index in [1.807, 2.05) is 13.8 Å². The van der Waals surface area contributed by atoms with Crippen LogP contribution in [0, 0.1) is 10.1 Å². The summed E-state index contributed by atoms with van der Waals surface area (Å²) in [5.41, 5.74) is 0.591. The Morgan fingerprint density at radius 1 is 1.44 bits per heavy atom. The molecule has 0 atom stereocenters. The van der Waals surface area contributed by atoms with Crippen molar-refractivity contribution in [3.05, 3.63) is 27.9 Å². The number of nitro groups is 1. The van der Waals surface area contributed by atoms with Gasteiger partial charge in [-0.1, -0.05) is 13.8 Å². The van der Waals surface area contributed by atoms with Gasteiger partial charge in [0.1, 0.15) is 0 Å². The summed E-state index contributed by atoms with van der Waals surface area (Å²) in [6.45, 7) is 6.28. The number of hydrogen-bond acceptors (Lipinski definition) is 5. The number of pyridine rings is 1. The van der Waals surface area contributed by atoms with Crippen molar-refractivity contribution in [2.24, 2.45) is 0 Å². The first-order chi connectivity index (χ1) is 7.58. The van der Waals surface area contributed by atoms with Gasteiger partial charge in [0, 0.05) is 0 Å². The molecule has 1 heterocycles. The average Bonchev–Trinajstić information content (AvgIpc) is 2.27. The fraction of sp³-hybridized carbons (Fsp3) is 0.500. The van der Waals surface area contributed by atoms with Crippen LogP contribution in [-0.2, 0) is 6.54 Å². The average molecular weight is 225 g/mol. The monoisotopic (exact) mass is 225 g/mol. The Balaban J connectivity index is 2.90. The lowest BCUT2D eigenvalue weighted by atomic mass is 10.3. The number of nitrogens with zero attached hydrogens (tertiary/aromatic N) is 3. The zero-order valence-corrected chi connectivity index (χ0v) is 9.38. The third-order valence-electron chi connectivity index (χ3n) is 2.37. The highest BCUT2D eigenvalue weighted by Gasteiger charge is 2.17. The Morgan fingerprint density at radius 2 is 2.06 bits per heavy atom. The highest BCUT2D eigenvalue weighted by Crippen LogP contribution is 2.22. The van der Waals surface area contributed by atoms with Gasteiger partial charge in [0.25, 0.3) is 0 Å². The lowest BCUT2D eigenvalue weighted by Gasteiger charge is -2.15. The van der Waals surface area contributed by atoms with Crippen LogP contribution in [0.3, 0.4) is 0 Å². The Kier molecular flexibility index (Phi) is 4.19. The van der Waals surface area contributed by atoms with E-state index < -0.39 is 16.5 Å². The number of aromatic nitrogens is 1. The second-order valence-corrected chi connectivity index (χ2v) is 3.36. The van der Waals surface area contributed by atoms with Crippen LogP contribution in [0.5, 0.6) is 5.75 Å². The fourth-order valence-electron chi connectivity index (χ4n) is 1.38. The molecule has 0 amide bonds.